The van der Waals surface area contributed by atoms with Gasteiger partial charge in [0, 0.05) is 11.6 Å². The van der Waals surface area contributed by atoms with Crippen LogP contribution in [0.1, 0.15) is 9.67 Å². The molecule has 18 heavy (non-hydrogen) atoms. The lowest BCUT2D eigenvalue weighted by molar-refractivity contribution is 0.0703. The van der Waals surface area contributed by atoms with Crippen molar-refractivity contribution < 1.29 is 9.90 Å². The summed E-state index contributed by atoms with van der Waals surface area (Å²) in [5, 5.41) is 9.65. The van der Waals surface area contributed by atoms with E-state index in [4.69, 9.17) is 5.11 Å². The van der Waals surface area contributed by atoms with Crippen LogP contribution in [0.25, 0.3) is 10.2 Å². The Morgan fingerprint density at radius 1 is 1.39 bits per heavy atom. The van der Waals surface area contributed by atoms with E-state index < -0.39 is 17.1 Å². The topological polar surface area (TPSA) is 101 Å². The summed E-state index contributed by atoms with van der Waals surface area (Å²) >= 11 is 0.982. The maximum absolute atomic E-state index is 11.1. The van der Waals surface area contributed by atoms with Gasteiger partial charge in [-0.1, -0.05) is 0 Å². The van der Waals surface area contributed by atoms with E-state index in [2.05, 4.69) is 10.4 Å². The average Bonchev–Trinajstić information content (AvgIpc) is 2.77. The van der Waals surface area contributed by atoms with Crippen molar-refractivity contribution >= 4 is 33.2 Å². The van der Waals surface area contributed by atoms with E-state index in [-0.39, 0.29) is 10.6 Å². The number of aromatic carboxylic acids is 1. The second kappa shape index (κ2) is 3.50. The van der Waals surface area contributed by atoms with Gasteiger partial charge in [-0.25, -0.2) is 9.78 Å². The molecule has 0 aromatic carbocycles. The van der Waals surface area contributed by atoms with E-state index in [1.807, 2.05) is 0 Å². The van der Waals surface area contributed by atoms with Crippen LogP contribution in [0.5, 0.6) is 0 Å². The Kier molecular flexibility index (Phi) is 2.08. The van der Waals surface area contributed by atoms with Gasteiger partial charge < -0.3 is 5.11 Å². The summed E-state index contributed by atoms with van der Waals surface area (Å²) in [5.41, 5.74) is 1.36. The molecule has 3 heterocycles. The minimum absolute atomic E-state index is 0.0104. The first-order valence-electron chi connectivity index (χ1n) is 4.85. The largest absolute Gasteiger partial charge is 0.477 e. The number of thiophene rings is 1. The summed E-state index contributed by atoms with van der Waals surface area (Å²) in [5.74, 6) is -1.14. The van der Waals surface area contributed by atoms with Crippen LogP contribution < -0.4 is 16.5 Å². The van der Waals surface area contributed by atoms with Crippen LogP contribution in [0.15, 0.2) is 27.9 Å². The highest BCUT2D eigenvalue weighted by molar-refractivity contribution is 7.21. The van der Waals surface area contributed by atoms with Crippen molar-refractivity contribution in [3.05, 3.63) is 43.9 Å². The summed E-state index contributed by atoms with van der Waals surface area (Å²) < 4.78 is 0.765. The summed E-state index contributed by atoms with van der Waals surface area (Å²) in [6.45, 7) is 0. The molecule has 3 aromatic rings. The zero-order chi connectivity index (χ0) is 12.9. The van der Waals surface area contributed by atoms with Gasteiger partial charge in [0.1, 0.15) is 9.71 Å². The van der Waals surface area contributed by atoms with Gasteiger partial charge in [-0.2, -0.15) is 4.68 Å². The smallest absolute Gasteiger partial charge is 0.348 e. The first-order valence-corrected chi connectivity index (χ1v) is 5.67. The number of carbonyl (C=O) groups is 1. The van der Waals surface area contributed by atoms with Crippen LogP contribution in [0.4, 0.5) is 5.69 Å². The first-order chi connectivity index (χ1) is 8.59. The highest BCUT2D eigenvalue weighted by atomic mass is 32.1. The van der Waals surface area contributed by atoms with Crippen LogP contribution in [0.3, 0.4) is 0 Å². The fraction of sp³-hybridized carbons (Fsp3) is 0. The molecule has 0 spiro atoms. The molecule has 90 valence electrons. The van der Waals surface area contributed by atoms with Crippen molar-refractivity contribution in [2.75, 3.05) is 5.43 Å². The third-order valence-corrected chi connectivity index (χ3v) is 3.52. The van der Waals surface area contributed by atoms with E-state index in [9.17, 15) is 14.4 Å². The number of carboxylic acid groups (broad SMARTS) is 1. The van der Waals surface area contributed by atoms with Gasteiger partial charge in [-0.15, -0.1) is 11.3 Å². The van der Waals surface area contributed by atoms with Gasteiger partial charge in [0.25, 0.3) is 0 Å². The van der Waals surface area contributed by atoms with Crippen LogP contribution in [-0.2, 0) is 0 Å². The van der Waals surface area contributed by atoms with Crippen molar-refractivity contribution in [3.63, 3.8) is 0 Å². The standard InChI is InChI=1S/C10H5N3O4S/c14-8-9(15)13(8)12-5-4-2-1-3-11-7(4)18-6(5)10(16)17/h1-3,12H,(H,16,17). The highest BCUT2D eigenvalue weighted by Crippen LogP contribution is 2.34. The highest BCUT2D eigenvalue weighted by Gasteiger charge is 2.23. The third-order valence-electron chi connectivity index (χ3n) is 2.42. The third kappa shape index (κ3) is 1.43. The van der Waals surface area contributed by atoms with Crippen molar-refractivity contribution in [3.8, 4) is 0 Å². The van der Waals surface area contributed by atoms with E-state index in [0.29, 0.717) is 10.2 Å². The van der Waals surface area contributed by atoms with Gasteiger partial charge in [-0.05, 0) is 12.1 Å². The van der Waals surface area contributed by atoms with E-state index >= 15 is 0 Å². The maximum atomic E-state index is 11.1. The molecule has 0 unspecified atom stereocenters. The molecule has 8 heteroatoms. The molecule has 7 nitrogen and oxygen atoms in total. The van der Waals surface area contributed by atoms with Gasteiger partial charge in [0.15, 0.2) is 0 Å². The molecule has 3 rings (SSSR count). The molecule has 0 radical (unpaired) electrons. The van der Waals surface area contributed by atoms with Gasteiger partial charge in [-0.3, -0.25) is 15.0 Å². The number of aromatic nitrogens is 2. The Hall–Kier alpha value is -2.48. The molecule has 0 saturated heterocycles. The summed E-state index contributed by atoms with van der Waals surface area (Å²) in [4.78, 5) is 37.5. The monoisotopic (exact) mass is 263 g/mol. The molecule has 0 aliphatic rings. The predicted octanol–water partition coefficient (Wildman–Crippen LogP) is 0.267. The van der Waals surface area contributed by atoms with Crippen molar-refractivity contribution in [1.29, 1.82) is 0 Å². The Morgan fingerprint density at radius 2 is 2.11 bits per heavy atom. The van der Waals surface area contributed by atoms with Gasteiger partial charge in [0.05, 0.1) is 5.69 Å². The van der Waals surface area contributed by atoms with Gasteiger partial charge >= 0.3 is 17.1 Å². The molecule has 0 fully saturated rings. The quantitative estimate of drug-likeness (QED) is 0.657. The second-order valence-electron chi connectivity index (χ2n) is 3.52. The number of nitrogens with one attached hydrogen (secondary N) is 1. The number of hydrogen-bond acceptors (Lipinski definition) is 6. The Labute approximate surface area is 103 Å². The van der Waals surface area contributed by atoms with Crippen molar-refractivity contribution in [2.24, 2.45) is 0 Å². The van der Waals surface area contributed by atoms with Crippen LogP contribution >= 0.6 is 11.3 Å². The molecular weight excluding hydrogens is 258 g/mol. The molecule has 0 amide bonds. The molecule has 2 N–H and O–H groups in total. The number of fused-ring (bicyclic) bond motifs is 1. The first kappa shape index (κ1) is 10.7. The molecule has 0 atom stereocenters. The zero-order valence-electron chi connectivity index (χ0n) is 8.71. The lowest BCUT2D eigenvalue weighted by Gasteiger charge is -2.00. The molecule has 3 aromatic heterocycles. The molecule has 0 aliphatic carbocycles. The summed E-state index contributed by atoms with van der Waals surface area (Å²) in [7, 11) is 0. The number of carboxylic acids is 1. The lowest BCUT2D eigenvalue weighted by Crippen LogP contribution is -2.10. The molecule has 0 bridgehead atoms. The average molecular weight is 263 g/mol. The number of anilines is 1. The SMILES string of the molecule is O=C(O)c1sc2ncccc2c1Nn1c(=O)c1=O. The van der Waals surface area contributed by atoms with Crippen LogP contribution in [0.2, 0.25) is 0 Å². The molecule has 0 saturated carbocycles. The minimum atomic E-state index is -1.14. The Bertz CT molecular complexity index is 815. The Morgan fingerprint density at radius 3 is 2.72 bits per heavy atom. The predicted molar refractivity (Wildman–Crippen MR) is 64.9 cm³/mol. The lowest BCUT2D eigenvalue weighted by atomic mass is 10.2. The summed E-state index contributed by atoms with van der Waals surface area (Å²) in [6.07, 6.45) is 1.54. The van der Waals surface area contributed by atoms with E-state index in [0.717, 1.165) is 16.0 Å². The molecular formula is C10H5N3O4S. The number of hydrogen-bond donors (Lipinski definition) is 2. The second-order valence-corrected chi connectivity index (χ2v) is 4.52. The van der Waals surface area contributed by atoms with Crippen LogP contribution in [0, 0.1) is 0 Å². The molecule has 0 aliphatic heterocycles. The van der Waals surface area contributed by atoms with Crippen molar-refractivity contribution in [1.82, 2.24) is 9.66 Å². The summed E-state index contributed by atoms with van der Waals surface area (Å²) in [6, 6.07) is 3.32. The van der Waals surface area contributed by atoms with Gasteiger partial charge in [0.2, 0.25) is 0 Å². The number of rotatable bonds is 3. The number of nitrogens with zero attached hydrogens (tertiary/aromatic N) is 2. The van der Waals surface area contributed by atoms with E-state index in [1.165, 1.54) is 0 Å². The van der Waals surface area contributed by atoms with Crippen molar-refractivity contribution in [2.45, 2.75) is 0 Å². The minimum Gasteiger partial charge on any atom is -0.477 e. The van der Waals surface area contributed by atoms with E-state index in [1.54, 1.807) is 18.3 Å². The maximum Gasteiger partial charge on any atom is 0.348 e. The Balaban J connectivity index is 2.21. The fourth-order valence-corrected chi connectivity index (χ4v) is 2.47. The zero-order valence-corrected chi connectivity index (χ0v) is 9.52. The number of pyridine rings is 1. The fourth-order valence-electron chi connectivity index (χ4n) is 1.54. The van der Waals surface area contributed by atoms with Crippen LogP contribution in [-0.4, -0.2) is 20.7 Å². The normalized spacial score (nSPS) is 11.1.